The second-order valence-corrected chi connectivity index (χ2v) is 9.30. The van der Waals surface area contributed by atoms with E-state index in [9.17, 15) is 9.59 Å². The molecule has 0 radical (unpaired) electrons. The SMILES string of the molecule is C#CCN1C(=O)S/C(=C/c2cc3c(cc2C)N(CCC)C(C)(C)CC3C)C1=O. The molecule has 2 aliphatic rings. The molecule has 1 fully saturated rings. The van der Waals surface area contributed by atoms with Gasteiger partial charge in [-0.1, -0.05) is 19.8 Å². The Hall–Kier alpha value is -2.19. The van der Waals surface area contributed by atoms with Gasteiger partial charge in [-0.15, -0.1) is 6.42 Å². The van der Waals surface area contributed by atoms with E-state index in [1.807, 2.05) is 6.08 Å². The fraction of sp³-hybridized carbons (Fsp3) is 0.478. The Labute approximate surface area is 172 Å². The van der Waals surface area contributed by atoms with E-state index in [2.05, 4.69) is 57.6 Å². The molecule has 28 heavy (non-hydrogen) atoms. The quantitative estimate of drug-likeness (QED) is 0.520. The Balaban J connectivity index is 2.03. The first kappa shape index (κ1) is 20.5. The number of aryl methyl sites for hydroxylation is 1. The lowest BCUT2D eigenvalue weighted by molar-refractivity contribution is -0.122. The predicted molar refractivity (Wildman–Crippen MR) is 117 cm³/mol. The van der Waals surface area contributed by atoms with Gasteiger partial charge in [-0.3, -0.25) is 14.5 Å². The number of carbonyl (C=O) groups is 2. The van der Waals surface area contributed by atoms with E-state index in [1.54, 1.807) is 0 Å². The first-order chi connectivity index (χ1) is 13.2. The molecule has 2 amide bonds. The van der Waals surface area contributed by atoms with Crippen molar-refractivity contribution >= 4 is 34.7 Å². The number of carbonyl (C=O) groups excluding carboxylic acids is 2. The van der Waals surface area contributed by atoms with Crippen molar-refractivity contribution in [3.63, 3.8) is 0 Å². The molecule has 2 aliphatic heterocycles. The molecule has 0 spiro atoms. The molecule has 1 unspecified atom stereocenters. The molecule has 3 rings (SSSR count). The standard InChI is InChI=1S/C23H28N2O2S/c1-7-9-24-21(26)20(28-22(24)27)13-17-12-18-16(4)14-23(5,6)25(10-8-2)19(18)11-15(17)3/h1,11-13,16H,8-10,14H2,2-6H3/b20-13+. The first-order valence-electron chi connectivity index (χ1n) is 9.80. The first-order valence-corrected chi connectivity index (χ1v) is 10.6. The maximum Gasteiger partial charge on any atom is 0.294 e. The maximum atomic E-state index is 12.5. The van der Waals surface area contributed by atoms with Crippen molar-refractivity contribution in [2.24, 2.45) is 0 Å². The molecule has 2 heterocycles. The highest BCUT2D eigenvalue weighted by Crippen LogP contribution is 2.45. The molecule has 0 bridgehead atoms. The van der Waals surface area contributed by atoms with Crippen LogP contribution in [0.25, 0.3) is 6.08 Å². The minimum Gasteiger partial charge on any atom is -0.366 e. The summed E-state index contributed by atoms with van der Waals surface area (Å²) in [5, 5.41) is -0.297. The van der Waals surface area contributed by atoms with E-state index in [-0.39, 0.29) is 23.2 Å². The van der Waals surface area contributed by atoms with Gasteiger partial charge in [-0.25, -0.2) is 0 Å². The summed E-state index contributed by atoms with van der Waals surface area (Å²) in [6.45, 7) is 12.2. The van der Waals surface area contributed by atoms with Crippen LogP contribution in [0.1, 0.15) is 63.1 Å². The Bertz CT molecular complexity index is 895. The molecular weight excluding hydrogens is 368 g/mol. The number of benzene rings is 1. The highest BCUT2D eigenvalue weighted by molar-refractivity contribution is 8.18. The number of terminal acetylenes is 1. The average molecular weight is 397 g/mol. The Morgan fingerprint density at radius 2 is 2.07 bits per heavy atom. The number of imide groups is 1. The van der Waals surface area contributed by atoms with Crippen molar-refractivity contribution < 1.29 is 9.59 Å². The van der Waals surface area contributed by atoms with Gasteiger partial charge in [-0.2, -0.15) is 0 Å². The molecule has 1 saturated heterocycles. The monoisotopic (exact) mass is 396 g/mol. The van der Waals surface area contributed by atoms with E-state index in [4.69, 9.17) is 6.42 Å². The van der Waals surface area contributed by atoms with Gasteiger partial charge in [0.25, 0.3) is 11.1 Å². The van der Waals surface area contributed by atoms with Gasteiger partial charge in [-0.05, 0) is 86.2 Å². The van der Waals surface area contributed by atoms with Gasteiger partial charge in [0.2, 0.25) is 0 Å². The number of fused-ring (bicyclic) bond motifs is 1. The summed E-state index contributed by atoms with van der Waals surface area (Å²) in [7, 11) is 0. The summed E-state index contributed by atoms with van der Waals surface area (Å²) < 4.78 is 0. The van der Waals surface area contributed by atoms with Gasteiger partial charge >= 0.3 is 0 Å². The lowest BCUT2D eigenvalue weighted by Crippen LogP contribution is -2.48. The summed E-state index contributed by atoms with van der Waals surface area (Å²) in [4.78, 5) is 28.6. The Morgan fingerprint density at radius 3 is 2.71 bits per heavy atom. The molecule has 0 N–H and O–H groups in total. The summed E-state index contributed by atoms with van der Waals surface area (Å²) in [6.07, 6.45) is 9.30. The normalized spacial score (nSPS) is 22.6. The van der Waals surface area contributed by atoms with Gasteiger partial charge in [0.15, 0.2) is 0 Å². The molecule has 5 heteroatoms. The van der Waals surface area contributed by atoms with Crippen LogP contribution < -0.4 is 4.90 Å². The Kier molecular flexibility index (Phi) is 5.63. The Morgan fingerprint density at radius 1 is 1.36 bits per heavy atom. The zero-order chi connectivity index (χ0) is 20.6. The van der Waals surface area contributed by atoms with Gasteiger partial charge in [0.05, 0.1) is 11.4 Å². The number of anilines is 1. The fourth-order valence-corrected chi connectivity index (χ4v) is 5.15. The van der Waals surface area contributed by atoms with Gasteiger partial charge in [0, 0.05) is 17.8 Å². The molecule has 1 atom stereocenters. The highest BCUT2D eigenvalue weighted by Gasteiger charge is 2.37. The van der Waals surface area contributed by atoms with Crippen molar-refractivity contribution in [2.75, 3.05) is 18.0 Å². The van der Waals surface area contributed by atoms with Crippen LogP contribution in [0.3, 0.4) is 0 Å². The molecular formula is C23H28N2O2S. The van der Waals surface area contributed by atoms with Crippen LogP contribution in [0, 0.1) is 19.3 Å². The number of amides is 2. The summed E-state index contributed by atoms with van der Waals surface area (Å²) in [5.74, 6) is 2.51. The van der Waals surface area contributed by atoms with Crippen LogP contribution >= 0.6 is 11.8 Å². The number of hydrogen-bond donors (Lipinski definition) is 0. The van der Waals surface area contributed by atoms with E-state index in [0.29, 0.717) is 10.8 Å². The fourth-order valence-electron chi connectivity index (χ4n) is 4.32. The predicted octanol–water partition coefficient (Wildman–Crippen LogP) is 5.17. The molecule has 1 aromatic carbocycles. The number of hydrogen-bond acceptors (Lipinski definition) is 4. The zero-order valence-corrected chi connectivity index (χ0v) is 18.2. The second-order valence-electron chi connectivity index (χ2n) is 8.31. The summed E-state index contributed by atoms with van der Waals surface area (Å²) in [6, 6.07) is 4.43. The third-order valence-electron chi connectivity index (χ3n) is 5.63. The van der Waals surface area contributed by atoms with Crippen molar-refractivity contribution in [3.8, 4) is 12.3 Å². The third kappa shape index (κ3) is 3.58. The third-order valence-corrected chi connectivity index (χ3v) is 6.54. The largest absolute Gasteiger partial charge is 0.366 e. The van der Waals surface area contributed by atoms with E-state index in [1.165, 1.54) is 11.3 Å². The molecule has 4 nitrogen and oxygen atoms in total. The van der Waals surface area contributed by atoms with E-state index < -0.39 is 0 Å². The molecule has 0 saturated carbocycles. The smallest absolute Gasteiger partial charge is 0.294 e. The van der Waals surface area contributed by atoms with Crippen molar-refractivity contribution in [1.82, 2.24) is 4.90 Å². The van der Waals surface area contributed by atoms with Crippen molar-refractivity contribution in [2.45, 2.75) is 58.9 Å². The average Bonchev–Trinajstić information content (AvgIpc) is 2.87. The summed E-state index contributed by atoms with van der Waals surface area (Å²) in [5.41, 5.74) is 4.82. The van der Waals surface area contributed by atoms with Crippen LogP contribution in [0.5, 0.6) is 0 Å². The van der Waals surface area contributed by atoms with Crippen molar-refractivity contribution in [3.05, 3.63) is 33.7 Å². The van der Waals surface area contributed by atoms with Gasteiger partial charge in [0.1, 0.15) is 0 Å². The van der Waals surface area contributed by atoms with Crippen molar-refractivity contribution in [1.29, 1.82) is 0 Å². The zero-order valence-electron chi connectivity index (χ0n) is 17.3. The van der Waals surface area contributed by atoms with Crippen LogP contribution in [-0.4, -0.2) is 34.7 Å². The second kappa shape index (κ2) is 7.67. The maximum absolute atomic E-state index is 12.5. The molecule has 1 aromatic rings. The van der Waals surface area contributed by atoms with Crippen LogP contribution in [0.2, 0.25) is 0 Å². The summed E-state index contributed by atoms with van der Waals surface area (Å²) >= 11 is 0.964. The van der Waals surface area contributed by atoms with Gasteiger partial charge < -0.3 is 4.90 Å². The molecule has 0 aromatic heterocycles. The lowest BCUT2D eigenvalue weighted by atomic mass is 9.79. The molecule has 148 valence electrons. The number of nitrogens with zero attached hydrogens (tertiary/aromatic N) is 2. The minimum absolute atomic E-state index is 0.0171. The highest BCUT2D eigenvalue weighted by atomic mass is 32.2. The lowest BCUT2D eigenvalue weighted by Gasteiger charge is -2.48. The number of rotatable bonds is 4. The molecule has 0 aliphatic carbocycles. The van der Waals surface area contributed by atoms with E-state index >= 15 is 0 Å². The topological polar surface area (TPSA) is 40.6 Å². The van der Waals surface area contributed by atoms with Crippen LogP contribution in [0.15, 0.2) is 17.0 Å². The van der Waals surface area contributed by atoms with Crippen LogP contribution in [0.4, 0.5) is 10.5 Å². The van der Waals surface area contributed by atoms with E-state index in [0.717, 1.165) is 47.2 Å². The van der Waals surface area contributed by atoms with Crippen LogP contribution in [-0.2, 0) is 4.79 Å². The minimum atomic E-state index is -0.299. The number of thioether (sulfide) groups is 1.